The van der Waals surface area contributed by atoms with Gasteiger partial charge in [0.2, 0.25) is 0 Å². The van der Waals surface area contributed by atoms with Crippen LogP contribution in [0, 0.1) is 12.7 Å². The number of aromatic nitrogens is 1. The van der Waals surface area contributed by atoms with E-state index in [4.69, 9.17) is 11.6 Å². The third-order valence-electron chi connectivity index (χ3n) is 1.68. The van der Waals surface area contributed by atoms with Crippen molar-refractivity contribution in [2.45, 2.75) is 6.92 Å². The van der Waals surface area contributed by atoms with Crippen LogP contribution in [0.5, 0.6) is 0 Å². The average molecular weight is 202 g/mol. The van der Waals surface area contributed by atoms with Crippen LogP contribution >= 0.6 is 23.1 Å². The Morgan fingerprint density at radius 1 is 1.50 bits per heavy atom. The minimum atomic E-state index is -0.262. The van der Waals surface area contributed by atoms with Gasteiger partial charge in [-0.2, -0.15) is 4.37 Å². The zero-order chi connectivity index (χ0) is 8.72. The molecule has 1 heterocycles. The van der Waals surface area contributed by atoms with E-state index >= 15 is 0 Å². The van der Waals surface area contributed by atoms with Gasteiger partial charge in [0.15, 0.2) is 5.15 Å². The lowest BCUT2D eigenvalue weighted by atomic mass is 10.2. The maximum Gasteiger partial charge on any atom is 0.150 e. The lowest BCUT2D eigenvalue weighted by molar-refractivity contribution is 0.629. The highest BCUT2D eigenvalue weighted by Crippen LogP contribution is 2.29. The van der Waals surface area contributed by atoms with Gasteiger partial charge in [-0.15, -0.1) is 0 Å². The van der Waals surface area contributed by atoms with Crippen molar-refractivity contribution in [1.82, 2.24) is 4.37 Å². The molecular formula is C8H5ClFNS. The van der Waals surface area contributed by atoms with Crippen molar-refractivity contribution in [2.75, 3.05) is 0 Å². The second-order valence-corrected chi connectivity index (χ2v) is 3.70. The summed E-state index contributed by atoms with van der Waals surface area (Å²) in [6.45, 7) is 1.85. The second-order valence-electron chi connectivity index (χ2n) is 2.57. The summed E-state index contributed by atoms with van der Waals surface area (Å²) in [6.07, 6.45) is 0. The number of halogens is 2. The van der Waals surface area contributed by atoms with E-state index < -0.39 is 0 Å². The van der Waals surface area contributed by atoms with Crippen molar-refractivity contribution in [2.24, 2.45) is 0 Å². The van der Waals surface area contributed by atoms with Crippen LogP contribution in [0.25, 0.3) is 10.1 Å². The average Bonchev–Trinajstić information content (AvgIpc) is 2.33. The third kappa shape index (κ3) is 1.09. The number of benzene rings is 1. The molecular weight excluding hydrogens is 197 g/mol. The largest absolute Gasteiger partial charge is 0.207 e. The van der Waals surface area contributed by atoms with Crippen molar-refractivity contribution in [3.05, 3.63) is 28.7 Å². The molecule has 0 unspecified atom stereocenters. The van der Waals surface area contributed by atoms with Crippen LogP contribution in [-0.2, 0) is 0 Å². The molecule has 12 heavy (non-hydrogen) atoms. The van der Waals surface area contributed by atoms with E-state index in [2.05, 4.69) is 4.37 Å². The summed E-state index contributed by atoms with van der Waals surface area (Å²) in [5.74, 6) is -0.262. The van der Waals surface area contributed by atoms with Gasteiger partial charge in [0.25, 0.3) is 0 Å². The molecule has 1 nitrogen and oxygen atoms in total. The SMILES string of the molecule is Cc1cc(F)cc2c(Cl)nsc12. The van der Waals surface area contributed by atoms with Crippen LogP contribution < -0.4 is 0 Å². The zero-order valence-electron chi connectivity index (χ0n) is 6.27. The normalized spacial score (nSPS) is 10.9. The molecule has 0 fully saturated rings. The van der Waals surface area contributed by atoms with Gasteiger partial charge in [-0.25, -0.2) is 4.39 Å². The summed E-state index contributed by atoms with van der Waals surface area (Å²) in [6, 6.07) is 2.89. The topological polar surface area (TPSA) is 12.9 Å². The van der Waals surface area contributed by atoms with Gasteiger partial charge in [0, 0.05) is 5.39 Å². The fourth-order valence-electron chi connectivity index (χ4n) is 1.14. The predicted molar refractivity (Wildman–Crippen MR) is 49.3 cm³/mol. The molecule has 0 saturated carbocycles. The van der Waals surface area contributed by atoms with E-state index in [9.17, 15) is 4.39 Å². The van der Waals surface area contributed by atoms with Crippen molar-refractivity contribution in [3.8, 4) is 0 Å². The maximum atomic E-state index is 12.9. The molecule has 0 radical (unpaired) electrons. The van der Waals surface area contributed by atoms with Gasteiger partial charge in [0.1, 0.15) is 5.82 Å². The van der Waals surface area contributed by atoms with Crippen LogP contribution in [0.3, 0.4) is 0 Å². The van der Waals surface area contributed by atoms with Crippen LogP contribution in [-0.4, -0.2) is 4.37 Å². The monoisotopic (exact) mass is 201 g/mol. The molecule has 1 aromatic heterocycles. The number of hydrogen-bond acceptors (Lipinski definition) is 2. The first-order valence-electron chi connectivity index (χ1n) is 3.39. The lowest BCUT2D eigenvalue weighted by Gasteiger charge is -1.94. The minimum Gasteiger partial charge on any atom is -0.207 e. The molecule has 0 amide bonds. The van der Waals surface area contributed by atoms with E-state index in [-0.39, 0.29) is 5.82 Å². The summed E-state index contributed by atoms with van der Waals surface area (Å²) in [5.41, 5.74) is 0.884. The predicted octanol–water partition coefficient (Wildman–Crippen LogP) is 3.40. The molecule has 0 saturated heterocycles. The number of nitrogens with zero attached hydrogens (tertiary/aromatic N) is 1. The molecule has 2 rings (SSSR count). The molecule has 62 valence electrons. The first kappa shape index (κ1) is 7.95. The Morgan fingerprint density at radius 3 is 3.00 bits per heavy atom. The van der Waals surface area contributed by atoms with Gasteiger partial charge in [0.05, 0.1) is 4.70 Å². The summed E-state index contributed by atoms with van der Waals surface area (Å²) < 4.78 is 17.8. The highest BCUT2D eigenvalue weighted by atomic mass is 35.5. The van der Waals surface area contributed by atoms with Crippen LogP contribution in [0.15, 0.2) is 12.1 Å². The molecule has 0 bridgehead atoms. The first-order valence-corrected chi connectivity index (χ1v) is 4.54. The van der Waals surface area contributed by atoms with E-state index in [1.54, 1.807) is 0 Å². The molecule has 0 aliphatic heterocycles. The smallest absolute Gasteiger partial charge is 0.150 e. The highest BCUT2D eigenvalue weighted by Gasteiger charge is 2.07. The fraction of sp³-hybridized carbons (Fsp3) is 0.125. The molecule has 0 atom stereocenters. The van der Waals surface area contributed by atoms with Gasteiger partial charge >= 0.3 is 0 Å². The third-order valence-corrected chi connectivity index (χ3v) is 3.07. The summed E-state index contributed by atoms with van der Waals surface area (Å²) in [5, 5.41) is 1.09. The summed E-state index contributed by atoms with van der Waals surface area (Å²) >= 11 is 7.05. The summed E-state index contributed by atoms with van der Waals surface area (Å²) in [7, 11) is 0. The molecule has 2 aromatic rings. The molecule has 4 heteroatoms. The van der Waals surface area contributed by atoms with E-state index in [1.807, 2.05) is 6.92 Å². The molecule has 1 aromatic carbocycles. The van der Waals surface area contributed by atoms with Crippen molar-refractivity contribution in [1.29, 1.82) is 0 Å². The number of aryl methyl sites for hydroxylation is 1. The maximum absolute atomic E-state index is 12.9. The standard InChI is InChI=1S/C8H5ClFNS/c1-4-2-5(10)3-6-7(4)12-11-8(6)9/h2-3H,1H3. The molecule has 0 N–H and O–H groups in total. The van der Waals surface area contributed by atoms with E-state index in [0.717, 1.165) is 10.3 Å². The first-order chi connectivity index (χ1) is 5.68. The molecule has 0 aliphatic rings. The van der Waals surface area contributed by atoms with Crippen LogP contribution in [0.4, 0.5) is 4.39 Å². The molecule has 0 aliphatic carbocycles. The Hall–Kier alpha value is -0.670. The van der Waals surface area contributed by atoms with Crippen molar-refractivity contribution in [3.63, 3.8) is 0 Å². The van der Waals surface area contributed by atoms with Crippen molar-refractivity contribution < 1.29 is 4.39 Å². The number of fused-ring (bicyclic) bond motifs is 1. The Kier molecular flexibility index (Phi) is 1.77. The zero-order valence-corrected chi connectivity index (χ0v) is 7.84. The number of hydrogen-bond donors (Lipinski definition) is 0. The van der Waals surface area contributed by atoms with E-state index in [1.165, 1.54) is 23.7 Å². The van der Waals surface area contributed by atoms with Gasteiger partial charge < -0.3 is 0 Å². The van der Waals surface area contributed by atoms with Gasteiger partial charge in [-0.05, 0) is 36.2 Å². The Labute approximate surface area is 77.9 Å². The Morgan fingerprint density at radius 2 is 2.25 bits per heavy atom. The lowest BCUT2D eigenvalue weighted by Crippen LogP contribution is -1.77. The summed E-state index contributed by atoms with van der Waals surface area (Å²) in [4.78, 5) is 0. The van der Waals surface area contributed by atoms with Crippen molar-refractivity contribution >= 4 is 33.2 Å². The van der Waals surface area contributed by atoms with E-state index in [0.29, 0.717) is 10.5 Å². The Bertz CT molecular complexity index is 438. The van der Waals surface area contributed by atoms with Gasteiger partial charge in [-0.1, -0.05) is 11.6 Å². The minimum absolute atomic E-state index is 0.262. The van der Waals surface area contributed by atoms with Crippen LogP contribution in [0.1, 0.15) is 5.56 Å². The highest BCUT2D eigenvalue weighted by molar-refractivity contribution is 7.14. The number of rotatable bonds is 0. The Balaban J connectivity index is 2.92. The van der Waals surface area contributed by atoms with Crippen LogP contribution in [0.2, 0.25) is 5.15 Å². The quantitative estimate of drug-likeness (QED) is 0.637. The molecule has 0 spiro atoms. The fourth-order valence-corrected chi connectivity index (χ4v) is 2.17. The van der Waals surface area contributed by atoms with Gasteiger partial charge in [-0.3, -0.25) is 0 Å². The second kappa shape index (κ2) is 2.68.